The van der Waals surface area contributed by atoms with Gasteiger partial charge in [-0.15, -0.1) is 0 Å². The number of ether oxygens (including phenoxy) is 13. The highest BCUT2D eigenvalue weighted by atomic mass is 16.8. The van der Waals surface area contributed by atoms with Crippen LogP contribution in [0.4, 0.5) is 0 Å². The van der Waals surface area contributed by atoms with Gasteiger partial charge in [-0.05, 0) is 0 Å². The number of nitrogens with one attached hydrogen (secondary N) is 4. The lowest BCUT2D eigenvalue weighted by atomic mass is 9.88. The summed E-state index contributed by atoms with van der Waals surface area (Å²) in [6, 6.07) is -7.50. The molecule has 43 nitrogen and oxygen atoms in total. The van der Waals surface area contributed by atoms with E-state index in [-0.39, 0.29) is 0 Å². The van der Waals surface area contributed by atoms with Crippen LogP contribution in [-0.4, -0.2) is 403 Å². The van der Waals surface area contributed by atoms with Crippen LogP contribution in [0.5, 0.6) is 0 Å². The van der Waals surface area contributed by atoms with Crippen molar-refractivity contribution in [3.8, 4) is 0 Å². The van der Waals surface area contributed by atoms with Crippen LogP contribution in [-0.2, 0) is 85.6 Å². The number of carbonyl (C=O) groups is 5. The number of aliphatic hydroxyl groups excluding tert-OH is 20. The SMILES string of the molecule is CC(=O)N[C@H]1[C@H](O[C@@H]2[C@@H](O)[C@H](O[C@H]3[C@H](O)[C@@H](O)[C@H](O)O[C@@H]3CO)O[C@H](CO)[C@@H]2O[C@@H]2O[C@H](CO)[C@H](O)[C@H](O)[C@H]2NC(C)=O)O[C@H](CO)[C@@H](O[C@@H]2O[C@H](CO)[C@H](O[C@H]3O[C@H](CO)[C@H](O)[C@H](O)[C@H]3NC(C)=O)[C@H](O[C@]3(C(=O)O)C[C@H](O)[C@@H](NC(C)=O)[C@H]([C@H](O)[C@H](O)CO)O3)[C@H]2O)[C@@H]1O. The van der Waals surface area contributed by atoms with E-state index in [4.69, 9.17) is 61.6 Å². The number of rotatable bonds is 26. The third-order valence-corrected chi connectivity index (χ3v) is 17.1. The van der Waals surface area contributed by atoms with E-state index < -0.39 is 303 Å². The van der Waals surface area contributed by atoms with E-state index in [9.17, 15) is 131 Å². The largest absolute Gasteiger partial charge is 0.477 e. The number of aliphatic carboxylic acids is 1. The molecule has 25 N–H and O–H groups in total. The van der Waals surface area contributed by atoms with Crippen LogP contribution in [0, 0.1) is 0 Å². The molecule has 0 bridgehead atoms. The van der Waals surface area contributed by atoms with Gasteiger partial charge in [-0.2, -0.15) is 0 Å². The molecule has 0 radical (unpaired) electrons. The summed E-state index contributed by atoms with van der Waals surface area (Å²) in [4.78, 5) is 64.3. The minimum absolute atomic E-state index is 0.857. The van der Waals surface area contributed by atoms with Crippen molar-refractivity contribution < 1.29 is 193 Å². The van der Waals surface area contributed by atoms with Gasteiger partial charge in [0, 0.05) is 34.1 Å². The molecule has 0 spiro atoms. The zero-order chi connectivity index (χ0) is 71.3. The number of carboxylic acid groups (broad SMARTS) is 1. The first-order chi connectivity index (χ1) is 45.2. The zero-order valence-electron chi connectivity index (χ0n) is 51.6. The highest BCUT2D eigenvalue weighted by molar-refractivity contribution is 5.77. The Morgan fingerprint density at radius 2 is 0.750 bits per heavy atom. The summed E-state index contributed by atoms with van der Waals surface area (Å²) in [7, 11) is 0. The summed E-state index contributed by atoms with van der Waals surface area (Å²) < 4.78 is 77.1. The molecule has 0 aromatic carbocycles. The zero-order valence-corrected chi connectivity index (χ0v) is 51.6. The highest BCUT2D eigenvalue weighted by Gasteiger charge is 2.63. The first kappa shape index (κ1) is 79.4. The smallest absolute Gasteiger partial charge is 0.364 e. The van der Waals surface area contributed by atoms with Crippen LogP contribution < -0.4 is 21.3 Å². The first-order valence-electron chi connectivity index (χ1n) is 30.2. The predicted octanol–water partition coefficient (Wildman–Crippen LogP) is -16.5. The minimum Gasteiger partial charge on any atom is -0.477 e. The maximum absolute atomic E-state index is 13.7. The summed E-state index contributed by atoms with van der Waals surface area (Å²) in [5.41, 5.74) is 0. The molecule has 7 aliphatic heterocycles. The van der Waals surface area contributed by atoms with Crippen LogP contribution in [0.1, 0.15) is 34.1 Å². The van der Waals surface area contributed by atoms with Gasteiger partial charge < -0.3 is 190 Å². The monoisotopic (exact) mass is 1400 g/mol. The van der Waals surface area contributed by atoms with Crippen molar-refractivity contribution in [3.63, 3.8) is 0 Å². The van der Waals surface area contributed by atoms with E-state index in [1.165, 1.54) is 0 Å². The molecular weight excluding hydrogens is 1320 g/mol. The number of aliphatic hydroxyl groups is 20. The van der Waals surface area contributed by atoms with Crippen molar-refractivity contribution in [2.24, 2.45) is 0 Å². The Labute approximate surface area is 543 Å². The quantitative estimate of drug-likeness (QED) is 0.0382. The van der Waals surface area contributed by atoms with Crippen LogP contribution >= 0.6 is 0 Å². The molecular formula is C53H88N4O39. The minimum atomic E-state index is -3.43. The van der Waals surface area contributed by atoms with Crippen molar-refractivity contribution in [1.82, 2.24) is 21.3 Å². The van der Waals surface area contributed by atoms with Crippen molar-refractivity contribution in [2.75, 3.05) is 46.2 Å². The molecule has 7 aliphatic rings. The lowest BCUT2D eigenvalue weighted by molar-refractivity contribution is -0.404. The Morgan fingerprint density at radius 3 is 1.17 bits per heavy atom. The molecule has 36 atom stereocenters. The third kappa shape index (κ3) is 17.3. The lowest BCUT2D eigenvalue weighted by Gasteiger charge is -2.53. The summed E-state index contributed by atoms with van der Waals surface area (Å²) >= 11 is 0. The highest BCUT2D eigenvalue weighted by Crippen LogP contribution is 2.42. The van der Waals surface area contributed by atoms with Gasteiger partial charge in [0.25, 0.3) is 5.79 Å². The Kier molecular flexibility index (Phi) is 28.2. The first-order valence-corrected chi connectivity index (χ1v) is 30.2. The fraction of sp³-hybridized carbons (Fsp3) is 0.906. The summed E-state index contributed by atoms with van der Waals surface area (Å²) in [5.74, 6) is -9.33. The van der Waals surface area contributed by atoms with Crippen LogP contribution in [0.3, 0.4) is 0 Å². The molecule has 0 aromatic rings. The number of hydrogen-bond donors (Lipinski definition) is 25. The maximum atomic E-state index is 13.7. The topological polar surface area (TPSA) is 678 Å². The van der Waals surface area contributed by atoms with E-state index >= 15 is 0 Å². The van der Waals surface area contributed by atoms with Crippen LogP contribution in [0.15, 0.2) is 0 Å². The fourth-order valence-electron chi connectivity index (χ4n) is 12.3. The Bertz CT molecular complexity index is 2540. The van der Waals surface area contributed by atoms with Gasteiger partial charge in [0.2, 0.25) is 23.6 Å². The molecule has 43 heteroatoms. The third-order valence-electron chi connectivity index (χ3n) is 17.1. The summed E-state index contributed by atoms with van der Waals surface area (Å²) in [6.07, 6.45) is -67.5. The second kappa shape index (κ2) is 34.1. The van der Waals surface area contributed by atoms with Gasteiger partial charge in [-0.1, -0.05) is 0 Å². The molecule has 0 saturated carbocycles. The van der Waals surface area contributed by atoms with Gasteiger partial charge >= 0.3 is 5.97 Å². The van der Waals surface area contributed by atoms with Crippen LogP contribution in [0.25, 0.3) is 0 Å². The van der Waals surface area contributed by atoms with E-state index in [0.29, 0.717) is 0 Å². The molecule has 0 aromatic heterocycles. The molecule has 96 heavy (non-hydrogen) atoms. The van der Waals surface area contributed by atoms with E-state index in [2.05, 4.69) is 21.3 Å². The molecule has 0 aliphatic carbocycles. The molecule has 7 heterocycles. The van der Waals surface area contributed by atoms with Crippen molar-refractivity contribution in [2.45, 2.75) is 254 Å². The maximum Gasteiger partial charge on any atom is 0.364 e. The Balaban J connectivity index is 1.29. The second-order valence-electron chi connectivity index (χ2n) is 23.9. The number of hydrogen-bond acceptors (Lipinski definition) is 38. The number of carboxylic acids is 1. The standard InChI is InChI=1S/C53H88N4O39/c1-13(65)54-25-17(69)5-53(52(82)83,95-43(25)29(71)18(70)6-58)96-45-38(80)51(89-24(12-64)42(45)93-48-27(56-15(3)67)33(75)31(73)20(8-60)86-48)90-39-22(10-62)87-49(28(34(39)76)57-16(4)68)94-44-37(79)50(91-40-21(9-61)84-46(81)36(78)35(40)77)88-23(11-63)41(44)92-47-26(55-14(2)66)32(74)30(72)19(7-59)85-47/h17-51,58-64,69-81H,5-12H2,1-4H3,(H,54,65)(H,55,66)(H,56,67)(H,57,68)(H,82,83)/t17-,18+,19+,20+,21+,22+,23+,24+,25+,26+,27+,28+,29+,30-,31-,32+,33+,34+,35+,36+,37+,38+,39+,40+,41-,42-,43+,44+,45+,46+,47-,48+,49-,50-,51-,53-/m0/s1. The van der Waals surface area contributed by atoms with Gasteiger partial charge in [-0.3, -0.25) is 19.2 Å². The van der Waals surface area contributed by atoms with Crippen LogP contribution in [0.2, 0.25) is 0 Å². The predicted molar refractivity (Wildman–Crippen MR) is 295 cm³/mol. The van der Waals surface area contributed by atoms with Crippen molar-refractivity contribution in [3.05, 3.63) is 0 Å². The average molecular weight is 1410 g/mol. The molecule has 554 valence electrons. The fourth-order valence-corrected chi connectivity index (χ4v) is 12.3. The molecule has 7 rings (SSSR count). The molecule has 7 saturated heterocycles. The molecule has 0 unspecified atom stereocenters. The second-order valence-corrected chi connectivity index (χ2v) is 23.9. The van der Waals surface area contributed by atoms with Gasteiger partial charge in [0.05, 0.1) is 58.4 Å². The van der Waals surface area contributed by atoms with Crippen molar-refractivity contribution in [1.29, 1.82) is 0 Å². The average Bonchev–Trinajstić information content (AvgIpc) is 0.757. The van der Waals surface area contributed by atoms with E-state index in [1.807, 2.05) is 0 Å². The normalized spacial score (nSPS) is 46.0. The van der Waals surface area contributed by atoms with Crippen molar-refractivity contribution >= 4 is 29.6 Å². The van der Waals surface area contributed by atoms with E-state index in [1.54, 1.807) is 0 Å². The van der Waals surface area contributed by atoms with E-state index in [0.717, 1.165) is 27.7 Å². The Morgan fingerprint density at radius 1 is 0.406 bits per heavy atom. The summed E-state index contributed by atoms with van der Waals surface area (Å²) in [5, 5.41) is 240. The number of carbonyl (C=O) groups excluding carboxylic acids is 4. The Hall–Kier alpha value is -3.97. The summed E-state index contributed by atoms with van der Waals surface area (Å²) in [6.45, 7) is -4.32. The number of amides is 4. The lowest BCUT2D eigenvalue weighted by Crippen LogP contribution is -2.72. The molecule has 4 amide bonds. The van der Waals surface area contributed by atoms with Gasteiger partial charge in [-0.25, -0.2) is 4.79 Å². The van der Waals surface area contributed by atoms with Gasteiger partial charge in [0.1, 0.15) is 165 Å². The molecule has 7 fully saturated rings. The van der Waals surface area contributed by atoms with Gasteiger partial charge in [0.15, 0.2) is 37.7 Å².